The molecule has 0 aliphatic carbocycles. The molecule has 1 saturated heterocycles. The molecular formula is C14H21BrN2O2. The highest BCUT2D eigenvalue weighted by atomic mass is 79.9. The lowest BCUT2D eigenvalue weighted by Crippen LogP contribution is -2.38. The molecule has 0 bridgehead atoms. The summed E-state index contributed by atoms with van der Waals surface area (Å²) in [6.07, 6.45) is 2.28. The van der Waals surface area contributed by atoms with Crippen LogP contribution in [0.5, 0.6) is 0 Å². The standard InChI is InChI=1S/C14H21BrN2O2/c15-12-1-2-14(11(9-12)10-16)17-5-3-13(4-6-17)19-8-7-18/h1-2,9,13,18H,3-8,10,16H2. The first-order valence-corrected chi connectivity index (χ1v) is 7.49. The van der Waals surface area contributed by atoms with Gasteiger partial charge in [-0.25, -0.2) is 0 Å². The van der Waals surface area contributed by atoms with Crippen LogP contribution in [-0.2, 0) is 11.3 Å². The summed E-state index contributed by atoms with van der Waals surface area (Å²) < 4.78 is 6.65. The van der Waals surface area contributed by atoms with Gasteiger partial charge in [0.1, 0.15) is 0 Å². The Labute approximate surface area is 122 Å². The molecule has 0 atom stereocenters. The fraction of sp³-hybridized carbons (Fsp3) is 0.571. The first-order chi connectivity index (χ1) is 9.24. The molecule has 0 aromatic heterocycles. The fourth-order valence-corrected chi connectivity index (χ4v) is 2.92. The van der Waals surface area contributed by atoms with Gasteiger partial charge in [0.25, 0.3) is 0 Å². The molecule has 1 aliphatic heterocycles. The highest BCUT2D eigenvalue weighted by molar-refractivity contribution is 9.10. The molecule has 0 unspecified atom stereocenters. The smallest absolute Gasteiger partial charge is 0.0701 e. The van der Waals surface area contributed by atoms with Crippen molar-refractivity contribution in [3.05, 3.63) is 28.2 Å². The summed E-state index contributed by atoms with van der Waals surface area (Å²) in [7, 11) is 0. The Bertz CT molecular complexity index is 406. The first-order valence-electron chi connectivity index (χ1n) is 6.70. The van der Waals surface area contributed by atoms with E-state index in [1.165, 1.54) is 11.3 Å². The van der Waals surface area contributed by atoms with Gasteiger partial charge in [-0.2, -0.15) is 0 Å². The topological polar surface area (TPSA) is 58.7 Å². The molecular weight excluding hydrogens is 308 g/mol. The molecule has 0 radical (unpaired) electrons. The van der Waals surface area contributed by atoms with Crippen LogP contribution in [0.1, 0.15) is 18.4 Å². The average Bonchev–Trinajstić information content (AvgIpc) is 2.45. The SMILES string of the molecule is NCc1cc(Br)ccc1N1CCC(OCCO)CC1. The van der Waals surface area contributed by atoms with Gasteiger partial charge in [-0.1, -0.05) is 15.9 Å². The van der Waals surface area contributed by atoms with E-state index < -0.39 is 0 Å². The van der Waals surface area contributed by atoms with E-state index >= 15 is 0 Å². The van der Waals surface area contributed by atoms with Crippen LogP contribution in [0.2, 0.25) is 0 Å². The van der Waals surface area contributed by atoms with Gasteiger partial charge in [0, 0.05) is 29.8 Å². The molecule has 19 heavy (non-hydrogen) atoms. The van der Waals surface area contributed by atoms with Gasteiger partial charge in [-0.3, -0.25) is 0 Å². The second kappa shape index (κ2) is 7.24. The summed E-state index contributed by atoms with van der Waals surface area (Å²) in [5.41, 5.74) is 8.22. The third-order valence-corrected chi connectivity index (χ3v) is 3.98. The van der Waals surface area contributed by atoms with Gasteiger partial charge in [-0.15, -0.1) is 0 Å². The van der Waals surface area contributed by atoms with Crippen molar-refractivity contribution in [2.75, 3.05) is 31.2 Å². The number of hydrogen-bond acceptors (Lipinski definition) is 4. The number of aliphatic hydroxyl groups is 1. The number of rotatable bonds is 5. The number of hydrogen-bond donors (Lipinski definition) is 2. The van der Waals surface area contributed by atoms with E-state index in [9.17, 15) is 0 Å². The quantitative estimate of drug-likeness (QED) is 0.866. The van der Waals surface area contributed by atoms with Crippen molar-refractivity contribution in [1.82, 2.24) is 0 Å². The Morgan fingerprint density at radius 2 is 2.11 bits per heavy atom. The fourth-order valence-electron chi connectivity index (χ4n) is 2.51. The number of benzene rings is 1. The van der Waals surface area contributed by atoms with E-state index in [-0.39, 0.29) is 12.7 Å². The molecule has 1 aromatic rings. The van der Waals surface area contributed by atoms with Gasteiger partial charge in [0.2, 0.25) is 0 Å². The third kappa shape index (κ3) is 3.92. The zero-order chi connectivity index (χ0) is 13.7. The molecule has 106 valence electrons. The Kier molecular flexibility index (Phi) is 5.63. The number of ether oxygens (including phenoxy) is 1. The van der Waals surface area contributed by atoms with Crippen LogP contribution in [0, 0.1) is 0 Å². The van der Waals surface area contributed by atoms with Crippen molar-refractivity contribution < 1.29 is 9.84 Å². The molecule has 3 N–H and O–H groups in total. The van der Waals surface area contributed by atoms with Gasteiger partial charge < -0.3 is 20.5 Å². The minimum Gasteiger partial charge on any atom is -0.394 e. The summed E-state index contributed by atoms with van der Waals surface area (Å²) in [6.45, 7) is 3.05. The zero-order valence-corrected chi connectivity index (χ0v) is 12.6. The lowest BCUT2D eigenvalue weighted by atomic mass is 10.0. The van der Waals surface area contributed by atoms with E-state index in [2.05, 4.69) is 39.0 Å². The number of nitrogens with zero attached hydrogens (tertiary/aromatic N) is 1. The van der Waals surface area contributed by atoms with Crippen molar-refractivity contribution in [1.29, 1.82) is 0 Å². The maximum absolute atomic E-state index is 8.77. The molecule has 2 rings (SSSR count). The minimum absolute atomic E-state index is 0.101. The molecule has 0 spiro atoms. The van der Waals surface area contributed by atoms with Crippen molar-refractivity contribution in [3.8, 4) is 0 Å². The van der Waals surface area contributed by atoms with Crippen LogP contribution in [0.25, 0.3) is 0 Å². The molecule has 0 amide bonds. The van der Waals surface area contributed by atoms with Gasteiger partial charge in [-0.05, 0) is 36.6 Å². The lowest BCUT2D eigenvalue weighted by Gasteiger charge is -2.34. The summed E-state index contributed by atoms with van der Waals surface area (Å²) >= 11 is 3.48. The second-order valence-corrected chi connectivity index (χ2v) is 5.67. The first kappa shape index (κ1) is 14.8. The van der Waals surface area contributed by atoms with Crippen molar-refractivity contribution in [3.63, 3.8) is 0 Å². The molecule has 1 heterocycles. The number of halogens is 1. The van der Waals surface area contributed by atoms with Gasteiger partial charge in [0.15, 0.2) is 0 Å². The van der Waals surface area contributed by atoms with Crippen molar-refractivity contribution >= 4 is 21.6 Å². The van der Waals surface area contributed by atoms with Gasteiger partial charge >= 0.3 is 0 Å². The Balaban J connectivity index is 1.97. The summed E-state index contributed by atoms with van der Waals surface area (Å²) in [6, 6.07) is 6.27. The van der Waals surface area contributed by atoms with Crippen LogP contribution >= 0.6 is 15.9 Å². The average molecular weight is 329 g/mol. The van der Waals surface area contributed by atoms with Gasteiger partial charge in [0.05, 0.1) is 19.3 Å². The van der Waals surface area contributed by atoms with E-state index in [0.717, 1.165) is 30.4 Å². The van der Waals surface area contributed by atoms with E-state index in [0.29, 0.717) is 13.2 Å². The highest BCUT2D eigenvalue weighted by Gasteiger charge is 2.21. The second-order valence-electron chi connectivity index (χ2n) is 4.76. The summed E-state index contributed by atoms with van der Waals surface area (Å²) in [4.78, 5) is 2.37. The van der Waals surface area contributed by atoms with Crippen molar-refractivity contribution in [2.24, 2.45) is 5.73 Å². The monoisotopic (exact) mass is 328 g/mol. The molecule has 5 heteroatoms. The molecule has 1 aliphatic rings. The molecule has 1 aromatic carbocycles. The Hall–Kier alpha value is -0.620. The largest absolute Gasteiger partial charge is 0.394 e. The maximum Gasteiger partial charge on any atom is 0.0701 e. The predicted octanol–water partition coefficient (Wildman–Crippen LogP) is 1.89. The summed E-state index contributed by atoms with van der Waals surface area (Å²) in [5, 5.41) is 8.77. The number of anilines is 1. The molecule has 4 nitrogen and oxygen atoms in total. The van der Waals surface area contributed by atoms with Crippen LogP contribution in [0.15, 0.2) is 22.7 Å². The summed E-state index contributed by atoms with van der Waals surface area (Å²) in [5.74, 6) is 0. The van der Waals surface area contributed by atoms with E-state index in [4.69, 9.17) is 15.6 Å². The predicted molar refractivity (Wildman–Crippen MR) is 80.3 cm³/mol. The highest BCUT2D eigenvalue weighted by Crippen LogP contribution is 2.27. The third-order valence-electron chi connectivity index (χ3n) is 3.49. The van der Waals surface area contributed by atoms with E-state index in [1.54, 1.807) is 0 Å². The van der Waals surface area contributed by atoms with Crippen LogP contribution < -0.4 is 10.6 Å². The van der Waals surface area contributed by atoms with Crippen LogP contribution in [0.4, 0.5) is 5.69 Å². The number of nitrogens with two attached hydrogens (primary N) is 1. The number of aliphatic hydroxyl groups excluding tert-OH is 1. The van der Waals surface area contributed by atoms with Crippen molar-refractivity contribution in [2.45, 2.75) is 25.5 Å². The maximum atomic E-state index is 8.77. The Morgan fingerprint density at radius 1 is 1.37 bits per heavy atom. The normalized spacial score (nSPS) is 16.9. The van der Waals surface area contributed by atoms with Crippen LogP contribution in [-0.4, -0.2) is 37.5 Å². The lowest BCUT2D eigenvalue weighted by molar-refractivity contribution is 0.0159. The molecule has 1 fully saturated rings. The molecule has 0 saturated carbocycles. The number of piperidine rings is 1. The zero-order valence-electron chi connectivity index (χ0n) is 11.0. The van der Waals surface area contributed by atoms with E-state index in [1.807, 2.05) is 0 Å². The van der Waals surface area contributed by atoms with Crippen LogP contribution in [0.3, 0.4) is 0 Å². The minimum atomic E-state index is 0.101. The Morgan fingerprint density at radius 3 is 2.74 bits per heavy atom.